The lowest BCUT2D eigenvalue weighted by Crippen LogP contribution is -2.42. The molecule has 1 heterocycles. The maximum Gasteiger partial charge on any atom is 0.0647 e. The van der Waals surface area contributed by atoms with Crippen molar-refractivity contribution in [2.45, 2.75) is 26.3 Å². The van der Waals surface area contributed by atoms with Crippen LogP contribution in [0.1, 0.15) is 17.5 Å². The standard InChI is InChI=1S/C14H22N2O/c1-11-5-3-6-14(12(11)2)16-8-4-7-15-9-13(16)10-17/h3,5-6,13,15,17H,4,7-10H2,1-2H3. The maximum atomic E-state index is 9.53. The smallest absolute Gasteiger partial charge is 0.0647 e. The summed E-state index contributed by atoms with van der Waals surface area (Å²) >= 11 is 0. The number of hydrogen-bond donors (Lipinski definition) is 2. The molecule has 0 amide bonds. The number of benzene rings is 1. The molecule has 1 aliphatic heterocycles. The monoisotopic (exact) mass is 234 g/mol. The molecule has 0 radical (unpaired) electrons. The van der Waals surface area contributed by atoms with Gasteiger partial charge in [-0.1, -0.05) is 12.1 Å². The highest BCUT2D eigenvalue weighted by Crippen LogP contribution is 2.25. The summed E-state index contributed by atoms with van der Waals surface area (Å²) in [5, 5.41) is 12.9. The Morgan fingerprint density at radius 2 is 2.24 bits per heavy atom. The number of nitrogens with zero attached hydrogens (tertiary/aromatic N) is 1. The molecule has 2 N–H and O–H groups in total. The van der Waals surface area contributed by atoms with Crippen molar-refractivity contribution in [3.8, 4) is 0 Å². The normalized spacial score (nSPS) is 21.4. The molecule has 3 heteroatoms. The molecule has 3 nitrogen and oxygen atoms in total. The Hall–Kier alpha value is -1.06. The van der Waals surface area contributed by atoms with Gasteiger partial charge in [-0.25, -0.2) is 0 Å². The van der Waals surface area contributed by atoms with E-state index in [-0.39, 0.29) is 12.6 Å². The molecule has 17 heavy (non-hydrogen) atoms. The van der Waals surface area contributed by atoms with E-state index in [1.54, 1.807) is 0 Å². The van der Waals surface area contributed by atoms with E-state index in [9.17, 15) is 5.11 Å². The summed E-state index contributed by atoms with van der Waals surface area (Å²) in [5.41, 5.74) is 3.91. The van der Waals surface area contributed by atoms with Crippen molar-refractivity contribution in [2.24, 2.45) is 0 Å². The molecule has 0 bridgehead atoms. The molecule has 1 saturated heterocycles. The molecule has 1 atom stereocenters. The molecule has 1 aromatic rings. The molecular formula is C14H22N2O. The van der Waals surface area contributed by atoms with Crippen LogP contribution in [-0.2, 0) is 0 Å². The van der Waals surface area contributed by atoms with E-state index in [1.807, 2.05) is 0 Å². The predicted molar refractivity (Wildman–Crippen MR) is 71.6 cm³/mol. The zero-order valence-electron chi connectivity index (χ0n) is 10.7. The Bertz CT molecular complexity index is 378. The van der Waals surface area contributed by atoms with Gasteiger partial charge in [0.05, 0.1) is 12.6 Å². The largest absolute Gasteiger partial charge is 0.394 e. The molecule has 0 saturated carbocycles. The van der Waals surface area contributed by atoms with Gasteiger partial charge in [-0.2, -0.15) is 0 Å². The maximum absolute atomic E-state index is 9.53. The van der Waals surface area contributed by atoms with E-state index in [0.29, 0.717) is 0 Å². The minimum Gasteiger partial charge on any atom is -0.394 e. The van der Waals surface area contributed by atoms with Crippen LogP contribution in [0, 0.1) is 13.8 Å². The van der Waals surface area contributed by atoms with Gasteiger partial charge in [-0.15, -0.1) is 0 Å². The van der Waals surface area contributed by atoms with Crippen LogP contribution in [0.4, 0.5) is 5.69 Å². The average Bonchev–Trinajstić information content (AvgIpc) is 2.57. The highest BCUT2D eigenvalue weighted by Gasteiger charge is 2.21. The van der Waals surface area contributed by atoms with Gasteiger partial charge in [0.15, 0.2) is 0 Å². The van der Waals surface area contributed by atoms with Crippen LogP contribution < -0.4 is 10.2 Å². The zero-order chi connectivity index (χ0) is 12.3. The number of aryl methyl sites for hydroxylation is 1. The van der Waals surface area contributed by atoms with Gasteiger partial charge in [-0.05, 0) is 44.0 Å². The number of anilines is 1. The summed E-state index contributed by atoms with van der Waals surface area (Å²) in [4.78, 5) is 2.35. The second-order valence-electron chi connectivity index (χ2n) is 4.81. The van der Waals surface area contributed by atoms with E-state index in [0.717, 1.165) is 26.1 Å². The lowest BCUT2D eigenvalue weighted by atomic mass is 10.1. The van der Waals surface area contributed by atoms with Gasteiger partial charge in [0.2, 0.25) is 0 Å². The van der Waals surface area contributed by atoms with Crippen LogP contribution in [-0.4, -0.2) is 37.4 Å². The summed E-state index contributed by atoms with van der Waals surface area (Å²) < 4.78 is 0. The summed E-state index contributed by atoms with van der Waals surface area (Å²) in [6.07, 6.45) is 1.13. The molecule has 1 fully saturated rings. The Morgan fingerprint density at radius 1 is 1.41 bits per heavy atom. The highest BCUT2D eigenvalue weighted by molar-refractivity contribution is 5.56. The van der Waals surface area contributed by atoms with Crippen LogP contribution in [0.15, 0.2) is 18.2 Å². The van der Waals surface area contributed by atoms with Crippen molar-refractivity contribution >= 4 is 5.69 Å². The third-order valence-corrected chi connectivity index (χ3v) is 3.67. The summed E-state index contributed by atoms with van der Waals surface area (Å²) in [5.74, 6) is 0. The Morgan fingerprint density at radius 3 is 3.00 bits per heavy atom. The molecule has 94 valence electrons. The van der Waals surface area contributed by atoms with Gasteiger partial charge >= 0.3 is 0 Å². The molecule has 2 rings (SSSR count). The number of rotatable bonds is 2. The lowest BCUT2D eigenvalue weighted by Gasteiger charge is -2.32. The number of hydrogen-bond acceptors (Lipinski definition) is 3. The number of nitrogens with one attached hydrogen (secondary N) is 1. The third kappa shape index (κ3) is 2.61. The summed E-state index contributed by atoms with van der Waals surface area (Å²) in [6, 6.07) is 6.60. The molecular weight excluding hydrogens is 212 g/mol. The minimum absolute atomic E-state index is 0.193. The van der Waals surface area contributed by atoms with Crippen molar-refractivity contribution in [2.75, 3.05) is 31.1 Å². The fraction of sp³-hybridized carbons (Fsp3) is 0.571. The average molecular weight is 234 g/mol. The van der Waals surface area contributed by atoms with Gasteiger partial charge in [0.1, 0.15) is 0 Å². The van der Waals surface area contributed by atoms with Crippen molar-refractivity contribution < 1.29 is 5.11 Å². The van der Waals surface area contributed by atoms with E-state index in [2.05, 4.69) is 42.3 Å². The van der Waals surface area contributed by atoms with E-state index >= 15 is 0 Å². The first-order valence-electron chi connectivity index (χ1n) is 6.38. The van der Waals surface area contributed by atoms with Gasteiger partial charge < -0.3 is 15.3 Å². The van der Waals surface area contributed by atoms with Crippen LogP contribution in [0.25, 0.3) is 0 Å². The highest BCUT2D eigenvalue weighted by atomic mass is 16.3. The molecule has 1 aromatic carbocycles. The molecule has 1 aliphatic rings. The van der Waals surface area contributed by atoms with Gasteiger partial charge in [0.25, 0.3) is 0 Å². The van der Waals surface area contributed by atoms with Crippen LogP contribution in [0.5, 0.6) is 0 Å². The fourth-order valence-electron chi connectivity index (χ4n) is 2.46. The van der Waals surface area contributed by atoms with Crippen LogP contribution >= 0.6 is 0 Å². The SMILES string of the molecule is Cc1cccc(N2CCCNCC2CO)c1C. The Balaban J connectivity index is 2.31. The van der Waals surface area contributed by atoms with E-state index in [4.69, 9.17) is 0 Å². The number of aliphatic hydroxyl groups is 1. The molecule has 0 spiro atoms. The molecule has 0 aliphatic carbocycles. The second-order valence-corrected chi connectivity index (χ2v) is 4.81. The van der Waals surface area contributed by atoms with Gasteiger partial charge in [0, 0.05) is 18.8 Å². The zero-order valence-corrected chi connectivity index (χ0v) is 10.7. The minimum atomic E-state index is 0.193. The van der Waals surface area contributed by atoms with Crippen molar-refractivity contribution in [1.29, 1.82) is 0 Å². The number of aliphatic hydroxyl groups excluding tert-OH is 1. The summed E-state index contributed by atoms with van der Waals surface area (Å²) in [6.45, 7) is 7.44. The fourth-order valence-corrected chi connectivity index (χ4v) is 2.46. The van der Waals surface area contributed by atoms with Crippen molar-refractivity contribution in [3.63, 3.8) is 0 Å². The Kier molecular flexibility index (Phi) is 4.02. The third-order valence-electron chi connectivity index (χ3n) is 3.67. The lowest BCUT2D eigenvalue weighted by molar-refractivity contribution is 0.260. The first-order chi connectivity index (χ1) is 8.24. The quantitative estimate of drug-likeness (QED) is 0.813. The van der Waals surface area contributed by atoms with Crippen LogP contribution in [0.2, 0.25) is 0 Å². The summed E-state index contributed by atoms with van der Waals surface area (Å²) in [7, 11) is 0. The first kappa shape index (κ1) is 12.4. The predicted octanol–water partition coefficient (Wildman–Crippen LogP) is 1.46. The second kappa shape index (κ2) is 5.52. The topological polar surface area (TPSA) is 35.5 Å². The molecule has 1 unspecified atom stereocenters. The molecule has 0 aromatic heterocycles. The van der Waals surface area contributed by atoms with E-state index < -0.39 is 0 Å². The Labute approximate surface area is 103 Å². The van der Waals surface area contributed by atoms with Crippen molar-refractivity contribution in [3.05, 3.63) is 29.3 Å². The van der Waals surface area contributed by atoms with Crippen LogP contribution in [0.3, 0.4) is 0 Å². The van der Waals surface area contributed by atoms with E-state index in [1.165, 1.54) is 16.8 Å². The van der Waals surface area contributed by atoms with Gasteiger partial charge in [-0.3, -0.25) is 0 Å². The first-order valence-corrected chi connectivity index (χ1v) is 6.38. The van der Waals surface area contributed by atoms with Crippen molar-refractivity contribution in [1.82, 2.24) is 5.32 Å².